The highest BCUT2D eigenvalue weighted by molar-refractivity contribution is 7.85. The van der Waals surface area contributed by atoms with Gasteiger partial charge in [-0.3, -0.25) is 4.55 Å². The molecule has 2 aromatic rings. The van der Waals surface area contributed by atoms with Crippen LogP contribution in [0.3, 0.4) is 0 Å². The zero-order valence-corrected chi connectivity index (χ0v) is 12.1. The van der Waals surface area contributed by atoms with E-state index in [-0.39, 0.29) is 10.6 Å². The van der Waals surface area contributed by atoms with Crippen LogP contribution in [0.15, 0.2) is 57.6 Å². The van der Waals surface area contributed by atoms with Crippen LogP contribution >= 0.6 is 0 Å². The van der Waals surface area contributed by atoms with Gasteiger partial charge in [-0.1, -0.05) is 13.0 Å². The number of aromatic hydroxyl groups is 1. The summed E-state index contributed by atoms with van der Waals surface area (Å²) in [5.41, 5.74) is 1.76. The molecule has 0 fully saturated rings. The van der Waals surface area contributed by atoms with Gasteiger partial charge in [-0.2, -0.15) is 13.5 Å². The van der Waals surface area contributed by atoms with E-state index in [4.69, 9.17) is 4.55 Å². The molecule has 21 heavy (non-hydrogen) atoms. The summed E-state index contributed by atoms with van der Waals surface area (Å²) in [4.78, 5) is -0.211. The maximum absolute atomic E-state index is 10.9. The first-order valence-electron chi connectivity index (χ1n) is 6.21. The topological polar surface area (TPSA) is 99.3 Å². The largest absolute Gasteiger partial charge is 0.506 e. The molecule has 0 amide bonds. The van der Waals surface area contributed by atoms with Gasteiger partial charge < -0.3 is 5.11 Å². The molecule has 0 saturated carbocycles. The Bertz CT molecular complexity index is 768. The predicted octanol–water partition coefficient (Wildman–Crippen LogP) is 3.62. The van der Waals surface area contributed by atoms with Crippen LogP contribution in [-0.4, -0.2) is 18.1 Å². The van der Waals surface area contributed by atoms with Crippen molar-refractivity contribution in [1.82, 2.24) is 0 Å². The maximum atomic E-state index is 10.9. The van der Waals surface area contributed by atoms with E-state index >= 15 is 0 Å². The Hall–Kier alpha value is -2.25. The molecule has 0 aliphatic heterocycles. The highest BCUT2D eigenvalue weighted by Crippen LogP contribution is 2.29. The lowest BCUT2D eigenvalue weighted by Gasteiger charge is -2.01. The van der Waals surface area contributed by atoms with Crippen LogP contribution in [0.2, 0.25) is 0 Å². The average Bonchev–Trinajstić information content (AvgIpc) is 2.46. The third-order valence-electron chi connectivity index (χ3n) is 2.86. The lowest BCUT2D eigenvalue weighted by molar-refractivity contribution is 0.476. The zero-order valence-electron chi connectivity index (χ0n) is 11.3. The lowest BCUT2D eigenvalue weighted by Crippen LogP contribution is -1.96. The van der Waals surface area contributed by atoms with E-state index in [1.165, 1.54) is 24.3 Å². The summed E-state index contributed by atoms with van der Waals surface area (Å²) < 4.78 is 30.7. The van der Waals surface area contributed by atoms with Crippen molar-refractivity contribution in [1.29, 1.82) is 0 Å². The molecule has 0 heterocycles. The minimum atomic E-state index is -4.21. The number of rotatable bonds is 4. The number of nitrogens with zero attached hydrogens (tertiary/aromatic N) is 2. The molecule has 0 unspecified atom stereocenters. The van der Waals surface area contributed by atoms with Gasteiger partial charge in [0, 0.05) is 0 Å². The second kappa shape index (κ2) is 6.02. The van der Waals surface area contributed by atoms with Crippen molar-refractivity contribution in [3.05, 3.63) is 48.0 Å². The van der Waals surface area contributed by atoms with Crippen LogP contribution in [0.1, 0.15) is 12.5 Å². The summed E-state index contributed by atoms with van der Waals surface area (Å²) in [6.45, 7) is 1.99. The van der Waals surface area contributed by atoms with E-state index < -0.39 is 10.1 Å². The SMILES string of the molecule is CCc1ccc(O)c(N=Nc2ccc(S(=O)(=O)O)cc2)c1. The zero-order chi connectivity index (χ0) is 15.5. The first kappa shape index (κ1) is 15.1. The first-order valence-corrected chi connectivity index (χ1v) is 7.65. The number of phenolic OH excluding ortho intramolecular Hbond substituents is 1. The fourth-order valence-electron chi connectivity index (χ4n) is 1.67. The summed E-state index contributed by atoms with van der Waals surface area (Å²) in [5, 5.41) is 17.6. The highest BCUT2D eigenvalue weighted by atomic mass is 32.2. The molecule has 2 aromatic carbocycles. The van der Waals surface area contributed by atoms with E-state index in [2.05, 4.69) is 10.2 Å². The first-order chi connectivity index (χ1) is 9.90. The summed E-state index contributed by atoms with van der Waals surface area (Å²) in [6, 6.07) is 10.4. The van der Waals surface area contributed by atoms with Crippen LogP contribution in [0, 0.1) is 0 Å². The molecule has 0 aromatic heterocycles. The normalized spacial score (nSPS) is 11.9. The molecular formula is C14H14N2O4S. The number of phenols is 1. The van der Waals surface area contributed by atoms with Crippen molar-refractivity contribution in [2.24, 2.45) is 10.2 Å². The number of aryl methyl sites for hydroxylation is 1. The van der Waals surface area contributed by atoms with Crippen molar-refractivity contribution in [3.8, 4) is 5.75 Å². The van der Waals surface area contributed by atoms with E-state index in [1.807, 2.05) is 6.92 Å². The molecule has 2 N–H and O–H groups in total. The Labute approximate surface area is 122 Å². The molecule has 0 aliphatic rings. The van der Waals surface area contributed by atoms with Crippen LogP contribution in [0.5, 0.6) is 5.75 Å². The third kappa shape index (κ3) is 3.87. The Kier molecular flexibility index (Phi) is 4.35. The molecule has 6 nitrogen and oxygen atoms in total. The number of benzene rings is 2. The van der Waals surface area contributed by atoms with E-state index in [0.29, 0.717) is 11.4 Å². The number of hydrogen-bond acceptors (Lipinski definition) is 5. The van der Waals surface area contributed by atoms with E-state index in [0.717, 1.165) is 12.0 Å². The highest BCUT2D eigenvalue weighted by Gasteiger charge is 2.08. The van der Waals surface area contributed by atoms with Crippen LogP contribution in [0.25, 0.3) is 0 Å². The summed E-state index contributed by atoms with van der Waals surface area (Å²) >= 11 is 0. The third-order valence-corrected chi connectivity index (χ3v) is 3.72. The molecule has 110 valence electrons. The van der Waals surface area contributed by atoms with Gasteiger partial charge in [-0.05, 0) is 48.4 Å². The molecule has 0 radical (unpaired) electrons. The fraction of sp³-hybridized carbons (Fsp3) is 0.143. The Morgan fingerprint density at radius 1 is 1.05 bits per heavy atom. The van der Waals surface area contributed by atoms with Gasteiger partial charge in [0.1, 0.15) is 11.4 Å². The van der Waals surface area contributed by atoms with Gasteiger partial charge in [0.2, 0.25) is 0 Å². The van der Waals surface area contributed by atoms with Crippen molar-refractivity contribution in [2.45, 2.75) is 18.2 Å². The summed E-state index contributed by atoms with van der Waals surface area (Å²) in [6.07, 6.45) is 0.811. The Morgan fingerprint density at radius 2 is 1.71 bits per heavy atom. The summed E-state index contributed by atoms with van der Waals surface area (Å²) in [7, 11) is -4.21. The molecular weight excluding hydrogens is 292 g/mol. The van der Waals surface area contributed by atoms with Crippen molar-refractivity contribution < 1.29 is 18.1 Å². The lowest BCUT2D eigenvalue weighted by atomic mass is 10.1. The van der Waals surface area contributed by atoms with Crippen LogP contribution in [-0.2, 0) is 16.5 Å². The van der Waals surface area contributed by atoms with Crippen molar-refractivity contribution >= 4 is 21.5 Å². The standard InChI is InChI=1S/C14H14N2O4S/c1-2-10-3-8-14(17)13(9-10)16-15-11-4-6-12(7-5-11)21(18,19)20/h3-9,17H,2H2,1H3,(H,18,19,20). The number of azo groups is 1. The van der Waals surface area contributed by atoms with Crippen LogP contribution < -0.4 is 0 Å². The second-order valence-corrected chi connectivity index (χ2v) is 5.77. The second-order valence-electron chi connectivity index (χ2n) is 4.35. The monoisotopic (exact) mass is 306 g/mol. The quantitative estimate of drug-likeness (QED) is 0.665. The Morgan fingerprint density at radius 3 is 2.29 bits per heavy atom. The molecule has 0 spiro atoms. The van der Waals surface area contributed by atoms with E-state index in [1.54, 1.807) is 18.2 Å². The van der Waals surface area contributed by atoms with Gasteiger partial charge in [0.05, 0.1) is 10.6 Å². The minimum absolute atomic E-state index is 0.0190. The number of hydrogen-bond donors (Lipinski definition) is 2. The summed E-state index contributed by atoms with van der Waals surface area (Å²) in [5.74, 6) is 0.0190. The van der Waals surface area contributed by atoms with E-state index in [9.17, 15) is 13.5 Å². The minimum Gasteiger partial charge on any atom is -0.506 e. The van der Waals surface area contributed by atoms with Gasteiger partial charge in [-0.25, -0.2) is 0 Å². The Balaban J connectivity index is 2.25. The predicted molar refractivity (Wildman–Crippen MR) is 77.9 cm³/mol. The molecule has 0 aliphatic carbocycles. The van der Waals surface area contributed by atoms with Crippen LogP contribution in [0.4, 0.5) is 11.4 Å². The molecule has 2 rings (SSSR count). The fourth-order valence-corrected chi connectivity index (χ4v) is 2.15. The van der Waals surface area contributed by atoms with Gasteiger partial charge in [-0.15, -0.1) is 5.11 Å². The van der Waals surface area contributed by atoms with Gasteiger partial charge >= 0.3 is 0 Å². The molecule has 7 heteroatoms. The average molecular weight is 306 g/mol. The van der Waals surface area contributed by atoms with Gasteiger partial charge in [0.25, 0.3) is 10.1 Å². The van der Waals surface area contributed by atoms with Crippen molar-refractivity contribution in [3.63, 3.8) is 0 Å². The van der Waals surface area contributed by atoms with Gasteiger partial charge in [0.15, 0.2) is 0 Å². The molecule has 0 bridgehead atoms. The van der Waals surface area contributed by atoms with Crippen molar-refractivity contribution in [2.75, 3.05) is 0 Å². The molecule has 0 saturated heterocycles. The molecule has 0 atom stereocenters. The maximum Gasteiger partial charge on any atom is 0.294 e. The smallest absolute Gasteiger partial charge is 0.294 e.